The fourth-order valence-electron chi connectivity index (χ4n) is 6.36. The molecule has 0 radical (unpaired) electrons. The second-order valence-electron chi connectivity index (χ2n) is 12.6. The molecule has 220 valence electrons. The van der Waals surface area contributed by atoms with E-state index in [1.165, 1.54) is 4.31 Å². The van der Waals surface area contributed by atoms with Crippen LogP contribution in [-0.4, -0.2) is 106 Å². The molecule has 0 bridgehead atoms. The zero-order chi connectivity index (χ0) is 28.6. The molecule has 3 saturated heterocycles. The molecule has 3 fully saturated rings. The number of morpholine rings is 1. The number of carbonyl (C=O) groups excluding carboxylic acids is 1. The zero-order valence-corrected chi connectivity index (χ0v) is 25.6. The number of rotatable bonds is 8. The van der Waals surface area contributed by atoms with Crippen LogP contribution < -0.4 is 4.74 Å². The fourth-order valence-corrected chi connectivity index (χ4v) is 8.53. The summed E-state index contributed by atoms with van der Waals surface area (Å²) in [6, 6.07) is 3.52. The van der Waals surface area contributed by atoms with Gasteiger partial charge in [-0.2, -0.15) is 4.31 Å². The highest BCUT2D eigenvalue weighted by atomic mass is 32.2. The van der Waals surface area contributed by atoms with E-state index in [4.69, 9.17) is 14.2 Å². The lowest BCUT2D eigenvalue weighted by Crippen LogP contribution is -2.57. The van der Waals surface area contributed by atoms with Crippen LogP contribution in [0, 0.1) is 19.3 Å². The van der Waals surface area contributed by atoms with Gasteiger partial charge in [0, 0.05) is 25.7 Å². The molecule has 4 rings (SSSR count). The highest BCUT2D eigenvalue weighted by Gasteiger charge is 2.44. The molecule has 0 N–H and O–H groups in total. The standard InChI is InChI=1S/C29H47N3O6S/c1-21(2)30-11-8-29(9-12-30)10-13-31(20-29)26(33)18-37-16-24-17-38-28(5,6)19-32(24)39(34,35)27-22(3)14-25(36-7)15-23(27)4/h14-15,21,24H,8-13,16-20H2,1-7H3/t24-/m1/s1. The van der Waals surface area contributed by atoms with Gasteiger partial charge in [0.25, 0.3) is 0 Å². The fraction of sp³-hybridized carbons (Fsp3) is 0.759. The summed E-state index contributed by atoms with van der Waals surface area (Å²) in [5.41, 5.74) is 0.854. The molecule has 3 aliphatic rings. The predicted molar refractivity (Wildman–Crippen MR) is 151 cm³/mol. The summed E-state index contributed by atoms with van der Waals surface area (Å²) in [6.45, 7) is 16.0. The van der Waals surface area contributed by atoms with Crippen molar-refractivity contribution in [3.05, 3.63) is 23.3 Å². The molecule has 0 aliphatic carbocycles. The van der Waals surface area contributed by atoms with E-state index in [2.05, 4.69) is 18.7 Å². The first kappa shape index (κ1) is 30.2. The van der Waals surface area contributed by atoms with Gasteiger partial charge >= 0.3 is 0 Å². The first-order valence-corrected chi connectivity index (χ1v) is 15.6. The Bertz CT molecular complexity index is 1120. The van der Waals surface area contributed by atoms with Crippen LogP contribution in [0.3, 0.4) is 0 Å². The maximum Gasteiger partial charge on any atom is 0.248 e. The van der Waals surface area contributed by atoms with E-state index in [0.29, 0.717) is 22.9 Å². The Kier molecular flexibility index (Phi) is 9.03. The topological polar surface area (TPSA) is 88.6 Å². The summed E-state index contributed by atoms with van der Waals surface area (Å²) in [5, 5.41) is 0. The van der Waals surface area contributed by atoms with Crippen LogP contribution in [0.25, 0.3) is 0 Å². The van der Waals surface area contributed by atoms with Crippen molar-refractivity contribution >= 4 is 15.9 Å². The van der Waals surface area contributed by atoms with Gasteiger partial charge in [-0.15, -0.1) is 0 Å². The number of sulfonamides is 1. The maximum absolute atomic E-state index is 14.0. The van der Waals surface area contributed by atoms with Gasteiger partial charge in [-0.25, -0.2) is 8.42 Å². The molecule has 0 unspecified atom stereocenters. The number of methoxy groups -OCH3 is 1. The molecule has 0 saturated carbocycles. The average Bonchev–Trinajstić information content (AvgIpc) is 3.27. The summed E-state index contributed by atoms with van der Waals surface area (Å²) < 4.78 is 46.6. The third kappa shape index (κ3) is 6.62. The minimum atomic E-state index is -3.85. The number of amides is 1. The highest BCUT2D eigenvalue weighted by Crippen LogP contribution is 2.41. The van der Waals surface area contributed by atoms with Gasteiger partial charge in [0.15, 0.2) is 0 Å². The number of benzene rings is 1. The van der Waals surface area contributed by atoms with Crippen molar-refractivity contribution in [3.8, 4) is 5.75 Å². The molecule has 10 heteroatoms. The van der Waals surface area contributed by atoms with Crippen molar-refractivity contribution in [2.45, 2.75) is 83.4 Å². The zero-order valence-electron chi connectivity index (χ0n) is 24.8. The monoisotopic (exact) mass is 565 g/mol. The lowest BCUT2D eigenvalue weighted by Gasteiger charge is -2.43. The van der Waals surface area contributed by atoms with E-state index in [1.54, 1.807) is 33.1 Å². The molecule has 1 atom stereocenters. The van der Waals surface area contributed by atoms with Crippen LogP contribution in [0.1, 0.15) is 58.1 Å². The Morgan fingerprint density at radius 2 is 1.69 bits per heavy atom. The van der Waals surface area contributed by atoms with Crippen LogP contribution in [0.4, 0.5) is 0 Å². The van der Waals surface area contributed by atoms with Crippen LogP contribution in [0.15, 0.2) is 17.0 Å². The van der Waals surface area contributed by atoms with Crippen molar-refractivity contribution in [2.24, 2.45) is 5.41 Å². The van der Waals surface area contributed by atoms with Gasteiger partial charge < -0.3 is 24.0 Å². The predicted octanol–water partition coefficient (Wildman–Crippen LogP) is 3.22. The summed E-state index contributed by atoms with van der Waals surface area (Å²) >= 11 is 0. The molecule has 1 amide bonds. The Labute approximate surface area is 234 Å². The minimum absolute atomic E-state index is 0.0218. The summed E-state index contributed by atoms with van der Waals surface area (Å²) in [6.07, 6.45) is 3.30. The SMILES string of the molecule is COc1cc(C)c(S(=O)(=O)N2CC(C)(C)OC[C@H]2COCC(=O)N2CCC3(CCN(C(C)C)CC3)C2)c(C)c1. The molecule has 39 heavy (non-hydrogen) atoms. The Morgan fingerprint density at radius 3 is 2.28 bits per heavy atom. The third-order valence-corrected chi connectivity index (χ3v) is 11.0. The number of nitrogens with zero attached hydrogens (tertiary/aromatic N) is 3. The van der Waals surface area contributed by atoms with Gasteiger partial charge in [0.05, 0.1) is 36.9 Å². The van der Waals surface area contributed by atoms with Crippen molar-refractivity contribution in [1.82, 2.24) is 14.1 Å². The smallest absolute Gasteiger partial charge is 0.248 e. The molecule has 3 heterocycles. The summed E-state index contributed by atoms with van der Waals surface area (Å²) in [4.78, 5) is 17.8. The van der Waals surface area contributed by atoms with Crippen LogP contribution in [-0.2, 0) is 24.3 Å². The van der Waals surface area contributed by atoms with Crippen molar-refractivity contribution in [2.75, 3.05) is 59.7 Å². The number of piperidine rings is 1. The van der Waals surface area contributed by atoms with Gasteiger partial charge in [-0.3, -0.25) is 4.79 Å². The Balaban J connectivity index is 1.39. The Hall–Kier alpha value is -1.72. The molecule has 0 aromatic heterocycles. The van der Waals surface area contributed by atoms with E-state index < -0.39 is 21.7 Å². The molecule has 1 aromatic carbocycles. The van der Waals surface area contributed by atoms with Gasteiger partial charge in [-0.1, -0.05) is 0 Å². The van der Waals surface area contributed by atoms with Crippen LogP contribution in [0.5, 0.6) is 5.75 Å². The van der Waals surface area contributed by atoms with Crippen molar-refractivity contribution in [1.29, 1.82) is 0 Å². The number of hydrogen-bond donors (Lipinski definition) is 0. The molecular formula is C29H47N3O6S. The third-order valence-electron chi connectivity index (χ3n) is 8.76. The van der Waals surface area contributed by atoms with E-state index >= 15 is 0 Å². The van der Waals surface area contributed by atoms with Crippen LogP contribution >= 0.6 is 0 Å². The lowest BCUT2D eigenvalue weighted by molar-refractivity contribution is -0.138. The largest absolute Gasteiger partial charge is 0.497 e. The number of hydrogen-bond acceptors (Lipinski definition) is 7. The first-order valence-electron chi connectivity index (χ1n) is 14.2. The number of carbonyl (C=O) groups is 1. The highest BCUT2D eigenvalue weighted by molar-refractivity contribution is 7.89. The number of ether oxygens (including phenoxy) is 3. The van der Waals surface area contributed by atoms with Gasteiger partial charge in [0.2, 0.25) is 15.9 Å². The van der Waals surface area contributed by atoms with E-state index in [0.717, 1.165) is 45.4 Å². The van der Waals surface area contributed by atoms with E-state index in [1.807, 2.05) is 18.7 Å². The van der Waals surface area contributed by atoms with E-state index in [-0.39, 0.29) is 42.6 Å². The Morgan fingerprint density at radius 1 is 1.08 bits per heavy atom. The molecule has 9 nitrogen and oxygen atoms in total. The minimum Gasteiger partial charge on any atom is -0.497 e. The second-order valence-corrected chi connectivity index (χ2v) is 14.4. The number of likely N-dealkylation sites (tertiary alicyclic amines) is 2. The molecule has 1 aromatic rings. The van der Waals surface area contributed by atoms with Gasteiger partial charge in [0.1, 0.15) is 12.4 Å². The van der Waals surface area contributed by atoms with Crippen molar-refractivity contribution < 1.29 is 27.4 Å². The average molecular weight is 566 g/mol. The van der Waals surface area contributed by atoms with Crippen molar-refractivity contribution in [3.63, 3.8) is 0 Å². The molecular weight excluding hydrogens is 518 g/mol. The number of aryl methyl sites for hydroxylation is 2. The molecule has 3 aliphatic heterocycles. The van der Waals surface area contributed by atoms with Gasteiger partial charge in [-0.05, 0) is 103 Å². The quantitative estimate of drug-likeness (QED) is 0.478. The maximum atomic E-state index is 14.0. The van der Waals surface area contributed by atoms with E-state index in [9.17, 15) is 13.2 Å². The summed E-state index contributed by atoms with van der Waals surface area (Å²) in [5.74, 6) is 0.602. The molecule has 1 spiro atoms. The van der Waals surface area contributed by atoms with Crippen LogP contribution in [0.2, 0.25) is 0 Å². The normalized spacial score (nSPS) is 24.0. The summed E-state index contributed by atoms with van der Waals surface area (Å²) in [7, 11) is -2.28. The second kappa shape index (κ2) is 11.6. The lowest BCUT2D eigenvalue weighted by atomic mass is 9.77. The first-order chi connectivity index (χ1) is 18.3.